The van der Waals surface area contributed by atoms with E-state index in [4.69, 9.17) is 28.2 Å². The highest BCUT2D eigenvalue weighted by Crippen LogP contribution is 2.42. The summed E-state index contributed by atoms with van der Waals surface area (Å²) in [4.78, 5) is 15.9. The van der Waals surface area contributed by atoms with E-state index < -0.39 is 0 Å². The first-order valence-corrected chi connectivity index (χ1v) is 19.7. The molecule has 0 aliphatic rings. The molecule has 9 aromatic carbocycles. The Morgan fingerprint density at radius 2 is 0.746 bits per heavy atom. The number of hydrogen-bond acceptors (Lipinski definition) is 6. The van der Waals surface area contributed by atoms with Crippen LogP contribution in [-0.2, 0) is 0 Å². The highest BCUT2D eigenvalue weighted by molar-refractivity contribution is 6.14. The lowest BCUT2D eigenvalue weighted by atomic mass is 9.93. The van der Waals surface area contributed by atoms with Gasteiger partial charge >= 0.3 is 0 Å². The molecule has 13 rings (SSSR count). The number of rotatable bonds is 4. The summed E-state index contributed by atoms with van der Waals surface area (Å²) in [7, 11) is 0. The number of aromatic nitrogens is 3. The zero-order valence-corrected chi connectivity index (χ0v) is 31.3. The van der Waals surface area contributed by atoms with Gasteiger partial charge in [0.1, 0.15) is 33.5 Å². The molecule has 59 heavy (non-hydrogen) atoms. The molecule has 13 aromatic rings. The van der Waals surface area contributed by atoms with Gasteiger partial charge in [-0.05, 0) is 87.3 Å². The minimum Gasteiger partial charge on any atom is -0.456 e. The molecule has 0 saturated carbocycles. The Bertz CT molecular complexity index is 3740. The highest BCUT2D eigenvalue weighted by Gasteiger charge is 2.22. The lowest BCUT2D eigenvalue weighted by Crippen LogP contribution is -2.01. The molecule has 6 nitrogen and oxygen atoms in total. The van der Waals surface area contributed by atoms with Gasteiger partial charge in [-0.2, -0.15) is 0 Å². The highest BCUT2D eigenvalue weighted by atomic mass is 16.3. The van der Waals surface area contributed by atoms with Gasteiger partial charge in [-0.15, -0.1) is 0 Å². The largest absolute Gasteiger partial charge is 0.456 e. The summed E-state index contributed by atoms with van der Waals surface area (Å²) in [6.45, 7) is 0. The van der Waals surface area contributed by atoms with Gasteiger partial charge in [-0.25, -0.2) is 15.0 Å². The smallest absolute Gasteiger partial charge is 0.164 e. The number of furan rings is 3. The molecule has 0 radical (unpaired) electrons. The monoisotopic (exact) mass is 755 g/mol. The van der Waals surface area contributed by atoms with Crippen molar-refractivity contribution in [1.82, 2.24) is 15.0 Å². The fraction of sp³-hybridized carbons (Fsp3) is 0. The molecule has 0 spiro atoms. The van der Waals surface area contributed by atoms with E-state index in [2.05, 4.69) is 103 Å². The van der Waals surface area contributed by atoms with Crippen molar-refractivity contribution in [3.8, 4) is 45.3 Å². The molecule has 274 valence electrons. The number of benzene rings is 9. The van der Waals surface area contributed by atoms with Crippen LogP contribution < -0.4 is 0 Å². The topological polar surface area (TPSA) is 78.1 Å². The lowest BCUT2D eigenvalue weighted by molar-refractivity contribution is 0.668. The molecule has 0 fully saturated rings. The van der Waals surface area contributed by atoms with Crippen LogP contribution in [-0.4, -0.2) is 15.0 Å². The van der Waals surface area contributed by atoms with E-state index in [1.807, 2.05) is 72.8 Å². The first-order chi connectivity index (χ1) is 29.2. The fourth-order valence-corrected chi connectivity index (χ4v) is 9.04. The molecular weight excluding hydrogens is 727 g/mol. The van der Waals surface area contributed by atoms with Gasteiger partial charge in [0, 0.05) is 49.0 Å². The molecule has 0 N–H and O–H groups in total. The Kier molecular flexibility index (Phi) is 6.63. The number of fused-ring (bicyclic) bond motifs is 11. The normalized spacial score (nSPS) is 12.1. The predicted molar refractivity (Wildman–Crippen MR) is 238 cm³/mol. The van der Waals surface area contributed by atoms with E-state index in [9.17, 15) is 0 Å². The van der Waals surface area contributed by atoms with Crippen molar-refractivity contribution >= 4 is 87.4 Å². The molecule has 0 bridgehead atoms. The van der Waals surface area contributed by atoms with Crippen molar-refractivity contribution in [1.29, 1.82) is 0 Å². The average Bonchev–Trinajstić information content (AvgIpc) is 3.98. The Morgan fingerprint density at radius 3 is 1.37 bits per heavy atom. The van der Waals surface area contributed by atoms with E-state index in [1.54, 1.807) is 0 Å². The maximum absolute atomic E-state index is 6.33. The third kappa shape index (κ3) is 4.84. The lowest BCUT2D eigenvalue weighted by Gasteiger charge is -2.14. The standard InChI is InChI=1S/C53H29N3O3/c1-2-12-35-34(11-1)33(31-24-23-30-28-42-36-13-3-6-18-43(36)59-48(42)29-32(30)27-31)25-26-37(35)51-54-52(40-16-9-21-46-49(40)38-14-4-7-19-44(38)57-46)56-53(55-51)41-17-10-22-47-50(41)39-15-5-8-20-45(39)58-47/h1-29H. The molecular formula is C53H29N3O3. The SMILES string of the molecule is c1ccc2c(c1)oc1cc3cc(-c4ccc(-c5nc(-c6cccc7oc8ccccc8c67)nc(-c6cccc7oc8ccccc8c67)n5)c5ccccc45)ccc3cc12. The Hall–Kier alpha value is -8.09. The fourth-order valence-electron chi connectivity index (χ4n) is 9.04. The summed E-state index contributed by atoms with van der Waals surface area (Å²) in [5.41, 5.74) is 9.86. The van der Waals surface area contributed by atoms with Crippen LogP contribution in [0.25, 0.3) is 133 Å². The van der Waals surface area contributed by atoms with E-state index >= 15 is 0 Å². The van der Waals surface area contributed by atoms with E-state index in [0.717, 1.165) is 110 Å². The Labute approximate surface area is 335 Å². The maximum Gasteiger partial charge on any atom is 0.164 e. The van der Waals surface area contributed by atoms with Gasteiger partial charge in [-0.1, -0.05) is 121 Å². The summed E-state index contributed by atoms with van der Waals surface area (Å²) in [5, 5.41) is 10.6. The van der Waals surface area contributed by atoms with Gasteiger partial charge < -0.3 is 13.3 Å². The first-order valence-electron chi connectivity index (χ1n) is 19.7. The summed E-state index contributed by atoms with van der Waals surface area (Å²) in [5.74, 6) is 1.70. The summed E-state index contributed by atoms with van der Waals surface area (Å²) in [6.07, 6.45) is 0. The molecule has 6 heteroatoms. The Morgan fingerprint density at radius 1 is 0.271 bits per heavy atom. The molecule has 0 saturated heterocycles. The molecule has 0 unspecified atom stereocenters. The third-order valence-electron chi connectivity index (χ3n) is 11.7. The van der Waals surface area contributed by atoms with Crippen LogP contribution >= 0.6 is 0 Å². The zero-order valence-electron chi connectivity index (χ0n) is 31.3. The van der Waals surface area contributed by atoms with Crippen molar-refractivity contribution in [3.05, 3.63) is 176 Å². The quantitative estimate of drug-likeness (QED) is 0.178. The molecule has 0 amide bonds. The van der Waals surface area contributed by atoms with Crippen molar-refractivity contribution in [2.75, 3.05) is 0 Å². The van der Waals surface area contributed by atoms with Crippen molar-refractivity contribution < 1.29 is 13.3 Å². The molecule has 4 heterocycles. The number of hydrogen-bond donors (Lipinski definition) is 0. The van der Waals surface area contributed by atoms with E-state index in [-0.39, 0.29) is 0 Å². The zero-order chi connectivity index (χ0) is 38.6. The second-order valence-corrected chi connectivity index (χ2v) is 15.1. The van der Waals surface area contributed by atoms with E-state index in [1.165, 1.54) is 5.39 Å². The van der Waals surface area contributed by atoms with Gasteiger partial charge in [0.2, 0.25) is 0 Å². The minimum absolute atomic E-state index is 0.562. The van der Waals surface area contributed by atoms with Crippen LogP contribution in [0.5, 0.6) is 0 Å². The molecule has 0 aliphatic heterocycles. The first kappa shape index (κ1) is 32.0. The van der Waals surface area contributed by atoms with Crippen LogP contribution in [0.15, 0.2) is 189 Å². The second-order valence-electron chi connectivity index (χ2n) is 15.1. The average molecular weight is 756 g/mol. The predicted octanol–water partition coefficient (Wildman–Crippen LogP) is 14.5. The van der Waals surface area contributed by atoms with Crippen molar-refractivity contribution in [3.63, 3.8) is 0 Å². The number of nitrogens with zero attached hydrogens (tertiary/aromatic N) is 3. The van der Waals surface area contributed by atoms with Crippen LogP contribution in [0.1, 0.15) is 0 Å². The van der Waals surface area contributed by atoms with Crippen LogP contribution in [0.4, 0.5) is 0 Å². The van der Waals surface area contributed by atoms with Gasteiger partial charge in [0.25, 0.3) is 0 Å². The van der Waals surface area contributed by atoms with Crippen LogP contribution in [0.3, 0.4) is 0 Å². The summed E-state index contributed by atoms with van der Waals surface area (Å²) < 4.78 is 18.9. The van der Waals surface area contributed by atoms with Gasteiger partial charge in [-0.3, -0.25) is 0 Å². The van der Waals surface area contributed by atoms with E-state index in [0.29, 0.717) is 17.5 Å². The van der Waals surface area contributed by atoms with Gasteiger partial charge in [0.05, 0.1) is 0 Å². The third-order valence-corrected chi connectivity index (χ3v) is 11.7. The molecule has 0 atom stereocenters. The Balaban J connectivity index is 1.04. The maximum atomic E-state index is 6.33. The number of para-hydroxylation sites is 3. The van der Waals surface area contributed by atoms with Crippen LogP contribution in [0, 0.1) is 0 Å². The van der Waals surface area contributed by atoms with Crippen LogP contribution in [0.2, 0.25) is 0 Å². The second kappa shape index (κ2) is 12.2. The van der Waals surface area contributed by atoms with Crippen molar-refractivity contribution in [2.24, 2.45) is 0 Å². The summed E-state index contributed by atoms with van der Waals surface area (Å²) >= 11 is 0. The summed E-state index contributed by atoms with van der Waals surface area (Å²) in [6, 6.07) is 60.5. The molecule has 4 aromatic heterocycles. The minimum atomic E-state index is 0.562. The van der Waals surface area contributed by atoms with Crippen molar-refractivity contribution in [2.45, 2.75) is 0 Å². The molecule has 0 aliphatic carbocycles. The van der Waals surface area contributed by atoms with Gasteiger partial charge in [0.15, 0.2) is 17.5 Å².